The standard InChI is InChI=1S/C14H10F5N5O/c1-13(15,16)12-23-22-11-5-21-10(6-24(11)12)8-2-3-9(20-4-8)7-25-14(17,18)19/h2-6H,7H2,1H3. The number of nitrogens with zero attached hydrogens (tertiary/aromatic N) is 5. The zero-order chi connectivity index (χ0) is 18.2. The quantitative estimate of drug-likeness (QED) is 0.669. The maximum Gasteiger partial charge on any atom is 0.522 e. The summed E-state index contributed by atoms with van der Waals surface area (Å²) in [5, 5.41) is 7.06. The van der Waals surface area contributed by atoms with E-state index in [1.807, 2.05) is 0 Å². The van der Waals surface area contributed by atoms with Crippen molar-refractivity contribution in [1.82, 2.24) is 24.6 Å². The average Bonchev–Trinajstić information content (AvgIpc) is 2.96. The molecule has 3 rings (SSSR count). The Labute approximate surface area is 137 Å². The second-order valence-electron chi connectivity index (χ2n) is 5.19. The van der Waals surface area contributed by atoms with Gasteiger partial charge in [-0.25, -0.2) is 0 Å². The van der Waals surface area contributed by atoms with Crippen LogP contribution in [0.5, 0.6) is 0 Å². The fourth-order valence-corrected chi connectivity index (χ4v) is 2.07. The van der Waals surface area contributed by atoms with E-state index in [0.29, 0.717) is 12.5 Å². The van der Waals surface area contributed by atoms with Crippen LogP contribution in [0.15, 0.2) is 30.7 Å². The van der Waals surface area contributed by atoms with Crippen LogP contribution in [0.25, 0.3) is 16.9 Å². The number of halogens is 5. The summed E-state index contributed by atoms with van der Waals surface area (Å²) in [6.07, 6.45) is -0.899. The molecule has 0 N–H and O–H groups in total. The maximum absolute atomic E-state index is 13.5. The van der Waals surface area contributed by atoms with Crippen molar-refractivity contribution < 1.29 is 26.7 Å². The fourth-order valence-electron chi connectivity index (χ4n) is 2.07. The van der Waals surface area contributed by atoms with Gasteiger partial charge in [-0.3, -0.25) is 19.1 Å². The van der Waals surface area contributed by atoms with Crippen LogP contribution in [0.3, 0.4) is 0 Å². The van der Waals surface area contributed by atoms with Crippen molar-refractivity contribution >= 4 is 5.65 Å². The Hall–Kier alpha value is -2.69. The molecule has 0 amide bonds. The Morgan fingerprint density at radius 1 is 1.04 bits per heavy atom. The lowest BCUT2D eigenvalue weighted by Gasteiger charge is -2.09. The van der Waals surface area contributed by atoms with Crippen LogP contribution in [0.2, 0.25) is 0 Å². The normalized spacial score (nSPS) is 12.7. The first-order chi connectivity index (χ1) is 11.6. The van der Waals surface area contributed by atoms with Crippen molar-refractivity contribution in [2.45, 2.75) is 25.8 Å². The number of alkyl halides is 5. The Morgan fingerprint density at radius 3 is 2.40 bits per heavy atom. The van der Waals surface area contributed by atoms with E-state index in [0.717, 1.165) is 4.40 Å². The summed E-state index contributed by atoms with van der Waals surface area (Å²) in [4.78, 5) is 7.91. The van der Waals surface area contributed by atoms with Gasteiger partial charge in [0.25, 0.3) is 0 Å². The summed E-state index contributed by atoms with van der Waals surface area (Å²) in [6, 6.07) is 2.79. The lowest BCUT2D eigenvalue weighted by Crippen LogP contribution is -2.13. The van der Waals surface area contributed by atoms with Gasteiger partial charge in [0, 0.05) is 24.9 Å². The van der Waals surface area contributed by atoms with Crippen LogP contribution in [-0.2, 0) is 17.3 Å². The minimum absolute atomic E-state index is 0.0623. The van der Waals surface area contributed by atoms with Crippen molar-refractivity contribution in [3.8, 4) is 11.3 Å². The SMILES string of the molecule is CC(F)(F)c1nnc2cnc(-c3ccc(COC(F)(F)F)nc3)cn12. The summed E-state index contributed by atoms with van der Waals surface area (Å²) in [6.45, 7) is -0.0333. The summed E-state index contributed by atoms with van der Waals surface area (Å²) >= 11 is 0. The van der Waals surface area contributed by atoms with Crippen molar-refractivity contribution in [2.24, 2.45) is 0 Å². The van der Waals surface area contributed by atoms with E-state index in [4.69, 9.17) is 0 Å². The molecule has 0 spiro atoms. The van der Waals surface area contributed by atoms with E-state index in [1.54, 1.807) is 0 Å². The van der Waals surface area contributed by atoms with Gasteiger partial charge in [0.2, 0.25) is 5.82 Å². The molecule has 0 unspecified atom stereocenters. The molecule has 3 heterocycles. The molecular formula is C14H10F5N5O. The molecular weight excluding hydrogens is 349 g/mol. The molecule has 0 bridgehead atoms. The summed E-state index contributed by atoms with van der Waals surface area (Å²) < 4.78 is 67.8. The van der Waals surface area contributed by atoms with Gasteiger partial charge in [-0.1, -0.05) is 0 Å². The molecule has 132 valence electrons. The van der Waals surface area contributed by atoms with Gasteiger partial charge in [-0.15, -0.1) is 23.4 Å². The summed E-state index contributed by atoms with van der Waals surface area (Å²) in [5.41, 5.74) is 0.918. The second kappa shape index (κ2) is 5.99. The molecule has 0 aliphatic rings. The molecule has 25 heavy (non-hydrogen) atoms. The first-order valence-corrected chi connectivity index (χ1v) is 6.88. The Morgan fingerprint density at radius 2 is 1.80 bits per heavy atom. The van der Waals surface area contributed by atoms with E-state index in [2.05, 4.69) is 24.9 Å². The number of hydrogen-bond acceptors (Lipinski definition) is 5. The summed E-state index contributed by atoms with van der Waals surface area (Å²) in [7, 11) is 0. The lowest BCUT2D eigenvalue weighted by atomic mass is 10.2. The third-order valence-corrected chi connectivity index (χ3v) is 3.19. The Bertz CT molecular complexity index is 885. The Kier molecular flexibility index (Phi) is 4.11. The average molecular weight is 359 g/mol. The van der Waals surface area contributed by atoms with Crippen molar-refractivity contribution in [2.75, 3.05) is 0 Å². The minimum atomic E-state index is -4.75. The van der Waals surface area contributed by atoms with Gasteiger partial charge in [-0.2, -0.15) is 8.78 Å². The molecule has 0 aliphatic heterocycles. The van der Waals surface area contributed by atoms with E-state index in [-0.39, 0.29) is 17.0 Å². The Balaban J connectivity index is 1.89. The van der Waals surface area contributed by atoms with Gasteiger partial charge in [0.1, 0.15) is 0 Å². The highest BCUT2D eigenvalue weighted by molar-refractivity contribution is 5.58. The van der Waals surface area contributed by atoms with Crippen molar-refractivity contribution in [1.29, 1.82) is 0 Å². The van der Waals surface area contributed by atoms with Crippen molar-refractivity contribution in [3.05, 3.63) is 42.2 Å². The first-order valence-electron chi connectivity index (χ1n) is 6.88. The van der Waals surface area contributed by atoms with Gasteiger partial charge < -0.3 is 0 Å². The third-order valence-electron chi connectivity index (χ3n) is 3.19. The number of ether oxygens (including phenoxy) is 1. The molecule has 0 saturated heterocycles. The molecule has 3 aromatic heterocycles. The molecule has 0 atom stereocenters. The predicted octanol–water partition coefficient (Wildman–Crippen LogP) is 3.33. The van der Waals surface area contributed by atoms with E-state index in [1.165, 1.54) is 30.7 Å². The van der Waals surface area contributed by atoms with Crippen LogP contribution < -0.4 is 0 Å². The molecule has 6 nitrogen and oxygen atoms in total. The van der Waals surface area contributed by atoms with Crippen molar-refractivity contribution in [3.63, 3.8) is 0 Å². The van der Waals surface area contributed by atoms with E-state index < -0.39 is 24.7 Å². The highest BCUT2D eigenvalue weighted by atomic mass is 19.4. The fraction of sp³-hybridized carbons (Fsp3) is 0.286. The first kappa shape index (κ1) is 17.1. The van der Waals surface area contributed by atoms with Gasteiger partial charge >= 0.3 is 12.3 Å². The maximum atomic E-state index is 13.5. The van der Waals surface area contributed by atoms with Gasteiger partial charge in [-0.05, 0) is 12.1 Å². The lowest BCUT2D eigenvalue weighted by molar-refractivity contribution is -0.330. The van der Waals surface area contributed by atoms with Crippen LogP contribution in [0.4, 0.5) is 22.0 Å². The third kappa shape index (κ3) is 3.87. The molecule has 3 aromatic rings. The molecule has 0 aliphatic carbocycles. The number of hydrogen-bond donors (Lipinski definition) is 0. The molecule has 0 fully saturated rings. The number of fused-ring (bicyclic) bond motifs is 1. The predicted molar refractivity (Wildman–Crippen MR) is 74.4 cm³/mol. The zero-order valence-electron chi connectivity index (χ0n) is 12.6. The van der Waals surface area contributed by atoms with E-state index >= 15 is 0 Å². The topological polar surface area (TPSA) is 65.2 Å². The highest BCUT2D eigenvalue weighted by Crippen LogP contribution is 2.26. The van der Waals surface area contributed by atoms with Crippen LogP contribution in [0.1, 0.15) is 18.4 Å². The van der Waals surface area contributed by atoms with Gasteiger partial charge in [0.05, 0.1) is 24.2 Å². The van der Waals surface area contributed by atoms with Crippen LogP contribution in [-0.4, -0.2) is 30.9 Å². The summed E-state index contributed by atoms with van der Waals surface area (Å²) in [5.74, 6) is -3.75. The number of rotatable bonds is 4. The molecule has 11 heteroatoms. The molecule has 0 aromatic carbocycles. The van der Waals surface area contributed by atoms with E-state index in [9.17, 15) is 22.0 Å². The second-order valence-corrected chi connectivity index (χ2v) is 5.19. The molecule has 0 saturated carbocycles. The van der Waals surface area contributed by atoms with Crippen LogP contribution >= 0.6 is 0 Å². The minimum Gasteiger partial charge on any atom is -0.285 e. The van der Waals surface area contributed by atoms with Crippen LogP contribution in [0, 0.1) is 0 Å². The number of aromatic nitrogens is 5. The van der Waals surface area contributed by atoms with Gasteiger partial charge in [0.15, 0.2) is 5.65 Å². The largest absolute Gasteiger partial charge is 0.522 e. The zero-order valence-corrected chi connectivity index (χ0v) is 12.6. The smallest absolute Gasteiger partial charge is 0.285 e. The molecule has 0 radical (unpaired) electrons. The number of pyridine rings is 1. The monoisotopic (exact) mass is 359 g/mol. The highest BCUT2D eigenvalue weighted by Gasteiger charge is 2.31.